The summed E-state index contributed by atoms with van der Waals surface area (Å²) in [6.07, 6.45) is 5.04. The van der Waals surface area contributed by atoms with Gasteiger partial charge in [0.2, 0.25) is 5.95 Å². The lowest BCUT2D eigenvalue weighted by atomic mass is 9.93. The van der Waals surface area contributed by atoms with Crippen LogP contribution < -0.4 is 10.6 Å². The number of halogens is 3. The first-order valence-corrected chi connectivity index (χ1v) is 12.9. The van der Waals surface area contributed by atoms with Crippen molar-refractivity contribution >= 4 is 40.6 Å². The number of anilines is 2. The number of carbonyl (C=O) groups is 1. The molecule has 3 heterocycles. The highest BCUT2D eigenvalue weighted by atomic mass is 35.5. The Morgan fingerprint density at radius 3 is 2.59 bits per heavy atom. The summed E-state index contributed by atoms with van der Waals surface area (Å²) >= 11 is 7.74. The zero-order chi connectivity index (χ0) is 26.5. The van der Waals surface area contributed by atoms with E-state index < -0.39 is 17.7 Å². The molecule has 5 rings (SSSR count). The van der Waals surface area contributed by atoms with E-state index in [9.17, 15) is 9.18 Å². The van der Waals surface area contributed by atoms with Gasteiger partial charge >= 0.3 is 6.03 Å². The molecule has 1 atom stereocenters. The molecular formula is C26H25ClF2N6OS. The maximum Gasteiger partial charge on any atom is 0.328 e. The Morgan fingerprint density at radius 2 is 1.89 bits per heavy atom. The standard InChI is InChI=1S/C26H25ClF2N6OS/c1-26(2,3)23-33-21(18-8-9-31-24(30)32-18)22(37-23)14-4-6-17(29)20(12-14)35-11-10-34(25(35)36)19-7-5-15(28)13-16(19)27/h4-9,13-14H,10-12H2,1-3H3,(H2,30,31,32). The van der Waals surface area contributed by atoms with E-state index in [1.165, 1.54) is 28.0 Å². The Kier molecular flexibility index (Phi) is 6.49. The van der Waals surface area contributed by atoms with E-state index in [-0.39, 0.29) is 41.0 Å². The first-order valence-electron chi connectivity index (χ1n) is 11.7. The third kappa shape index (κ3) is 4.83. The minimum atomic E-state index is -0.494. The number of allylic oxidation sites excluding steroid dienone is 4. The van der Waals surface area contributed by atoms with Crippen LogP contribution in [0.25, 0.3) is 11.4 Å². The second-order valence-electron chi connectivity index (χ2n) is 9.93. The van der Waals surface area contributed by atoms with E-state index >= 15 is 4.39 Å². The van der Waals surface area contributed by atoms with Crippen LogP contribution in [-0.4, -0.2) is 39.0 Å². The van der Waals surface area contributed by atoms with Crippen molar-refractivity contribution in [2.45, 2.75) is 38.5 Å². The van der Waals surface area contributed by atoms with Gasteiger partial charge in [-0.3, -0.25) is 9.80 Å². The number of nitrogen functional groups attached to an aromatic ring is 1. The predicted octanol–water partition coefficient (Wildman–Crippen LogP) is 6.44. The SMILES string of the molecule is CC(C)(C)c1nc(-c2ccnc(N)n2)c(C2C=CC(F)=C(N3CCN(c4ccc(F)cc4Cl)C3=O)C2)s1. The van der Waals surface area contributed by atoms with Gasteiger partial charge in [-0.15, -0.1) is 11.3 Å². The van der Waals surface area contributed by atoms with E-state index in [0.717, 1.165) is 16.0 Å². The number of aromatic nitrogens is 3. The van der Waals surface area contributed by atoms with Crippen molar-refractivity contribution in [1.82, 2.24) is 19.9 Å². The van der Waals surface area contributed by atoms with E-state index in [0.29, 0.717) is 23.6 Å². The summed E-state index contributed by atoms with van der Waals surface area (Å²) in [5.74, 6) is -1.05. The topological polar surface area (TPSA) is 88.2 Å². The number of carbonyl (C=O) groups excluding carboxylic acids is 1. The molecule has 1 unspecified atom stereocenters. The Bertz CT molecular complexity index is 1450. The van der Waals surface area contributed by atoms with Gasteiger partial charge in [0, 0.05) is 41.9 Å². The molecule has 37 heavy (non-hydrogen) atoms. The number of nitrogens with two attached hydrogens (primary N) is 1. The van der Waals surface area contributed by atoms with Crippen molar-refractivity contribution in [1.29, 1.82) is 0 Å². The molecule has 2 N–H and O–H groups in total. The highest BCUT2D eigenvalue weighted by Gasteiger charge is 2.37. The molecule has 0 radical (unpaired) electrons. The molecule has 192 valence electrons. The van der Waals surface area contributed by atoms with Crippen LogP contribution in [0.4, 0.5) is 25.2 Å². The van der Waals surface area contributed by atoms with Gasteiger partial charge in [-0.1, -0.05) is 38.4 Å². The maximum atomic E-state index is 15.2. The van der Waals surface area contributed by atoms with Gasteiger partial charge in [-0.2, -0.15) is 0 Å². The third-order valence-corrected chi connectivity index (χ3v) is 8.16. The number of benzene rings is 1. The normalized spacial score (nSPS) is 18.3. The summed E-state index contributed by atoms with van der Waals surface area (Å²) in [5.41, 5.74) is 7.57. The molecule has 1 saturated heterocycles. The molecule has 0 saturated carbocycles. The molecule has 7 nitrogen and oxygen atoms in total. The largest absolute Gasteiger partial charge is 0.368 e. The van der Waals surface area contributed by atoms with Gasteiger partial charge in [0.15, 0.2) is 0 Å². The monoisotopic (exact) mass is 542 g/mol. The van der Waals surface area contributed by atoms with E-state index in [4.69, 9.17) is 22.3 Å². The fourth-order valence-corrected chi connectivity index (χ4v) is 5.88. The van der Waals surface area contributed by atoms with Crippen molar-refractivity contribution in [2.75, 3.05) is 23.7 Å². The van der Waals surface area contributed by atoms with Crippen LogP contribution in [0.15, 0.2) is 54.1 Å². The highest BCUT2D eigenvalue weighted by molar-refractivity contribution is 7.12. The van der Waals surface area contributed by atoms with Gasteiger partial charge < -0.3 is 5.73 Å². The summed E-state index contributed by atoms with van der Waals surface area (Å²) in [4.78, 5) is 30.3. The number of rotatable bonds is 4. The lowest BCUT2D eigenvalue weighted by Gasteiger charge is -2.26. The Morgan fingerprint density at radius 1 is 1.14 bits per heavy atom. The summed E-state index contributed by atoms with van der Waals surface area (Å²) in [6.45, 7) is 6.81. The Balaban J connectivity index is 1.47. The number of urea groups is 1. The third-order valence-electron chi connectivity index (χ3n) is 6.25. The van der Waals surface area contributed by atoms with Crippen LogP contribution in [-0.2, 0) is 5.41 Å². The van der Waals surface area contributed by atoms with Gasteiger partial charge in [-0.05, 0) is 30.3 Å². The first kappa shape index (κ1) is 25.3. The van der Waals surface area contributed by atoms with Crippen molar-refractivity contribution in [3.05, 3.63) is 74.9 Å². The minimum absolute atomic E-state index is 0.124. The van der Waals surface area contributed by atoms with Crippen LogP contribution in [0.1, 0.15) is 43.0 Å². The minimum Gasteiger partial charge on any atom is -0.368 e. The maximum absolute atomic E-state index is 15.2. The van der Waals surface area contributed by atoms with Crippen LogP contribution in [0.2, 0.25) is 5.02 Å². The highest BCUT2D eigenvalue weighted by Crippen LogP contribution is 2.44. The lowest BCUT2D eigenvalue weighted by molar-refractivity contribution is 0.228. The zero-order valence-corrected chi connectivity index (χ0v) is 22.1. The van der Waals surface area contributed by atoms with Crippen molar-refractivity contribution in [2.24, 2.45) is 0 Å². The number of amides is 2. The molecule has 0 spiro atoms. The predicted molar refractivity (Wildman–Crippen MR) is 142 cm³/mol. The average molecular weight is 543 g/mol. The molecule has 3 aromatic rings. The van der Waals surface area contributed by atoms with Gasteiger partial charge in [0.25, 0.3) is 0 Å². The van der Waals surface area contributed by atoms with Crippen LogP contribution in [0, 0.1) is 5.82 Å². The zero-order valence-electron chi connectivity index (χ0n) is 20.5. The molecule has 1 fully saturated rings. The molecule has 0 bridgehead atoms. The smallest absolute Gasteiger partial charge is 0.328 e. The van der Waals surface area contributed by atoms with Crippen LogP contribution in [0.5, 0.6) is 0 Å². The van der Waals surface area contributed by atoms with Crippen LogP contribution in [0.3, 0.4) is 0 Å². The molecule has 1 aromatic carbocycles. The first-order chi connectivity index (χ1) is 17.5. The molecule has 11 heteroatoms. The summed E-state index contributed by atoms with van der Waals surface area (Å²) < 4.78 is 28.7. The number of thiazole rings is 1. The lowest BCUT2D eigenvalue weighted by Crippen LogP contribution is -2.32. The van der Waals surface area contributed by atoms with E-state index in [2.05, 4.69) is 30.7 Å². The summed E-state index contributed by atoms with van der Waals surface area (Å²) in [6, 6.07) is 5.20. The fourth-order valence-electron chi connectivity index (χ4n) is 4.39. The summed E-state index contributed by atoms with van der Waals surface area (Å²) in [5, 5.41) is 1.04. The van der Waals surface area contributed by atoms with Crippen molar-refractivity contribution in [3.8, 4) is 11.4 Å². The summed E-state index contributed by atoms with van der Waals surface area (Å²) in [7, 11) is 0. The van der Waals surface area contributed by atoms with Gasteiger partial charge in [0.1, 0.15) is 17.3 Å². The van der Waals surface area contributed by atoms with Crippen molar-refractivity contribution in [3.63, 3.8) is 0 Å². The van der Waals surface area contributed by atoms with Gasteiger partial charge in [-0.25, -0.2) is 28.5 Å². The van der Waals surface area contributed by atoms with Crippen LogP contribution >= 0.6 is 22.9 Å². The molecule has 2 amide bonds. The quantitative estimate of drug-likeness (QED) is 0.410. The molecule has 1 aliphatic carbocycles. The molecular weight excluding hydrogens is 518 g/mol. The number of hydrogen-bond donors (Lipinski definition) is 1. The molecule has 1 aliphatic heterocycles. The Labute approximate surface area is 222 Å². The Hall–Kier alpha value is -3.37. The molecule has 2 aromatic heterocycles. The molecule has 2 aliphatic rings. The fraction of sp³-hybridized carbons (Fsp3) is 0.308. The number of nitrogens with zero attached hydrogens (tertiary/aromatic N) is 5. The van der Waals surface area contributed by atoms with Crippen molar-refractivity contribution < 1.29 is 13.6 Å². The second kappa shape index (κ2) is 9.50. The van der Waals surface area contributed by atoms with E-state index in [1.54, 1.807) is 29.7 Å². The number of hydrogen-bond acceptors (Lipinski definition) is 6. The van der Waals surface area contributed by atoms with E-state index in [1.807, 2.05) is 0 Å². The average Bonchev–Trinajstić information content (AvgIpc) is 3.44. The van der Waals surface area contributed by atoms with Gasteiger partial charge in [0.05, 0.1) is 27.1 Å². The second-order valence-corrected chi connectivity index (χ2v) is 11.4.